The molecule has 4 heteroatoms. The van der Waals surface area contributed by atoms with E-state index in [2.05, 4.69) is 83.4 Å². The van der Waals surface area contributed by atoms with Crippen LogP contribution in [0.2, 0.25) is 0 Å². The second kappa shape index (κ2) is 6.81. The van der Waals surface area contributed by atoms with Gasteiger partial charge in [-0.25, -0.2) is 4.79 Å². The zero-order valence-electron chi connectivity index (χ0n) is 18.5. The van der Waals surface area contributed by atoms with Gasteiger partial charge >= 0.3 is 5.63 Å². The number of nitrogens with zero attached hydrogens (tertiary/aromatic N) is 1. The molecule has 0 unspecified atom stereocenters. The normalized spacial score (nSPS) is 12.1. The monoisotopic (exact) mass is 467 g/mol. The van der Waals surface area contributed by atoms with Gasteiger partial charge in [0, 0.05) is 42.0 Å². The van der Waals surface area contributed by atoms with Crippen LogP contribution in [0.4, 0.5) is 0 Å². The van der Waals surface area contributed by atoms with Gasteiger partial charge in [0.1, 0.15) is 0 Å². The molecule has 3 aromatic heterocycles. The van der Waals surface area contributed by atoms with Crippen LogP contribution in [-0.2, 0) is 0 Å². The van der Waals surface area contributed by atoms with Crippen molar-refractivity contribution in [2.24, 2.45) is 0 Å². The highest BCUT2D eigenvalue weighted by molar-refractivity contribution is 7.25. The summed E-state index contributed by atoms with van der Waals surface area (Å²) in [6.45, 7) is 0. The molecule has 0 aliphatic heterocycles. The number of hydrogen-bond donors (Lipinski definition) is 0. The van der Waals surface area contributed by atoms with E-state index in [0.29, 0.717) is 11.0 Å². The van der Waals surface area contributed by atoms with Gasteiger partial charge in [0.05, 0.1) is 16.4 Å². The van der Waals surface area contributed by atoms with E-state index >= 15 is 0 Å². The van der Waals surface area contributed by atoms with Crippen LogP contribution in [0.25, 0.3) is 69.4 Å². The van der Waals surface area contributed by atoms with Gasteiger partial charge in [0.15, 0.2) is 5.58 Å². The Hall–Kier alpha value is -4.41. The summed E-state index contributed by atoms with van der Waals surface area (Å²) in [4.78, 5) is 13.0. The fraction of sp³-hybridized carbons (Fsp3) is 0. The summed E-state index contributed by atoms with van der Waals surface area (Å²) in [5.74, 6) is 0. The Morgan fingerprint density at radius 1 is 0.571 bits per heavy atom. The van der Waals surface area contributed by atoms with Gasteiger partial charge in [-0.05, 0) is 47.9 Å². The second-order valence-electron chi connectivity index (χ2n) is 8.90. The molecule has 0 aliphatic carbocycles. The first kappa shape index (κ1) is 19.0. The first-order valence-corrected chi connectivity index (χ1v) is 12.4. The number of para-hydroxylation sites is 1. The molecule has 3 heterocycles. The molecule has 0 aliphatic rings. The van der Waals surface area contributed by atoms with Crippen LogP contribution in [0.3, 0.4) is 0 Å². The summed E-state index contributed by atoms with van der Waals surface area (Å²) in [7, 11) is 0. The predicted molar refractivity (Wildman–Crippen MR) is 147 cm³/mol. The van der Waals surface area contributed by atoms with Crippen molar-refractivity contribution in [2.75, 3.05) is 0 Å². The maximum Gasteiger partial charge on any atom is 0.344 e. The van der Waals surface area contributed by atoms with Crippen molar-refractivity contribution in [1.82, 2.24) is 4.57 Å². The lowest BCUT2D eigenvalue weighted by molar-refractivity contribution is 0.572. The van der Waals surface area contributed by atoms with E-state index < -0.39 is 0 Å². The topological polar surface area (TPSA) is 35.1 Å². The van der Waals surface area contributed by atoms with E-state index in [1.54, 1.807) is 0 Å². The van der Waals surface area contributed by atoms with Crippen molar-refractivity contribution in [2.45, 2.75) is 0 Å². The first-order valence-electron chi connectivity index (χ1n) is 11.6. The highest BCUT2D eigenvalue weighted by Crippen LogP contribution is 2.40. The molecule has 0 radical (unpaired) electrons. The maximum absolute atomic E-state index is 13.0. The van der Waals surface area contributed by atoms with Gasteiger partial charge in [0.25, 0.3) is 0 Å². The third-order valence-corrected chi connectivity index (χ3v) is 8.19. The quantitative estimate of drug-likeness (QED) is 0.179. The Kier molecular flexibility index (Phi) is 3.69. The molecule has 5 aromatic carbocycles. The largest absolute Gasteiger partial charge is 0.420 e. The molecular formula is C31H17NO2S. The summed E-state index contributed by atoms with van der Waals surface area (Å²) in [5.41, 5.74) is 3.38. The molecule has 0 spiro atoms. The van der Waals surface area contributed by atoms with Gasteiger partial charge in [-0.15, -0.1) is 11.3 Å². The Labute approximate surface area is 203 Å². The molecule has 8 aromatic rings. The van der Waals surface area contributed by atoms with Crippen LogP contribution in [0.15, 0.2) is 112 Å². The van der Waals surface area contributed by atoms with Gasteiger partial charge < -0.3 is 8.98 Å². The summed E-state index contributed by atoms with van der Waals surface area (Å²) >= 11 is 1.81. The van der Waals surface area contributed by atoms with Gasteiger partial charge in [0.2, 0.25) is 0 Å². The fourth-order valence-corrected chi connectivity index (χ4v) is 6.59. The van der Waals surface area contributed by atoms with Crippen LogP contribution in [0.5, 0.6) is 0 Å². The van der Waals surface area contributed by atoms with Crippen molar-refractivity contribution >= 4 is 75.1 Å². The van der Waals surface area contributed by atoms with E-state index in [-0.39, 0.29) is 5.63 Å². The number of hydrogen-bond acceptors (Lipinski definition) is 3. The molecule has 8 rings (SSSR count). The van der Waals surface area contributed by atoms with Gasteiger partial charge in [-0.1, -0.05) is 60.7 Å². The van der Waals surface area contributed by atoms with E-state index in [1.165, 1.54) is 20.2 Å². The molecule has 164 valence electrons. The fourth-order valence-electron chi connectivity index (χ4n) is 5.51. The van der Waals surface area contributed by atoms with E-state index in [1.807, 2.05) is 35.6 Å². The number of fused-ring (bicyclic) bond motifs is 10. The Morgan fingerprint density at radius 2 is 1.26 bits per heavy atom. The van der Waals surface area contributed by atoms with Crippen LogP contribution < -0.4 is 5.63 Å². The minimum atomic E-state index is -0.309. The lowest BCUT2D eigenvalue weighted by atomic mass is 10.1. The minimum absolute atomic E-state index is 0.309. The molecule has 3 nitrogen and oxygen atoms in total. The van der Waals surface area contributed by atoms with Crippen molar-refractivity contribution in [1.29, 1.82) is 0 Å². The summed E-state index contributed by atoms with van der Waals surface area (Å²) in [6.07, 6.45) is 0. The first-order chi connectivity index (χ1) is 17.3. The smallest absolute Gasteiger partial charge is 0.344 e. The van der Waals surface area contributed by atoms with E-state index in [9.17, 15) is 4.79 Å². The van der Waals surface area contributed by atoms with Crippen LogP contribution in [0, 0.1) is 0 Å². The Bertz CT molecular complexity index is 2200. The average molecular weight is 468 g/mol. The molecule has 0 saturated heterocycles. The third kappa shape index (κ3) is 2.52. The van der Waals surface area contributed by atoms with Crippen LogP contribution >= 0.6 is 11.3 Å². The Morgan fingerprint density at radius 3 is 2.14 bits per heavy atom. The minimum Gasteiger partial charge on any atom is -0.420 e. The number of rotatable bonds is 1. The SMILES string of the molecule is O=c1oc2c(ccc3c4ccccc4n(-c4ccc5sc6ccccc6c5c4)c32)c2ccccc12. The van der Waals surface area contributed by atoms with Gasteiger partial charge in [-0.3, -0.25) is 0 Å². The Balaban J connectivity index is 1.59. The lowest BCUT2D eigenvalue weighted by Gasteiger charge is -2.10. The van der Waals surface area contributed by atoms with Crippen molar-refractivity contribution in [3.05, 3.63) is 114 Å². The number of benzene rings is 5. The molecule has 0 saturated carbocycles. The average Bonchev–Trinajstić information content (AvgIpc) is 3.44. The standard InChI is InChI=1S/C31H17NO2S/c33-31-24-10-2-1-7-19(24)23-15-14-22-20-8-3-5-11-26(20)32(29(22)30(23)34-31)18-13-16-28-25(17-18)21-9-4-6-12-27(21)35-28/h1-17H. The van der Waals surface area contributed by atoms with Crippen molar-refractivity contribution < 1.29 is 4.42 Å². The highest BCUT2D eigenvalue weighted by Gasteiger charge is 2.19. The number of aromatic nitrogens is 1. The van der Waals surface area contributed by atoms with Gasteiger partial charge in [-0.2, -0.15) is 0 Å². The molecule has 35 heavy (non-hydrogen) atoms. The zero-order chi connectivity index (χ0) is 23.1. The van der Waals surface area contributed by atoms with E-state index in [4.69, 9.17) is 4.42 Å². The highest BCUT2D eigenvalue weighted by atomic mass is 32.1. The summed E-state index contributed by atoms with van der Waals surface area (Å²) in [5, 5.41) is 7.17. The second-order valence-corrected chi connectivity index (χ2v) is 9.99. The van der Waals surface area contributed by atoms with Crippen molar-refractivity contribution in [3.63, 3.8) is 0 Å². The van der Waals surface area contributed by atoms with Crippen molar-refractivity contribution in [3.8, 4) is 5.69 Å². The zero-order valence-corrected chi connectivity index (χ0v) is 19.3. The molecular weight excluding hydrogens is 450 g/mol. The molecule has 0 N–H and O–H groups in total. The lowest BCUT2D eigenvalue weighted by Crippen LogP contribution is -2.01. The van der Waals surface area contributed by atoms with Crippen LogP contribution in [-0.4, -0.2) is 4.57 Å². The molecule has 0 fully saturated rings. The maximum atomic E-state index is 13.0. The summed E-state index contributed by atoms with van der Waals surface area (Å²) < 4.78 is 10.8. The third-order valence-electron chi connectivity index (χ3n) is 7.04. The van der Waals surface area contributed by atoms with Crippen LogP contribution in [0.1, 0.15) is 0 Å². The molecule has 0 amide bonds. The summed E-state index contributed by atoms with van der Waals surface area (Å²) in [6, 6.07) is 35.5. The van der Waals surface area contributed by atoms with E-state index in [0.717, 1.165) is 38.3 Å². The predicted octanol–water partition coefficient (Wildman–Crippen LogP) is 8.41. The number of thiophene rings is 1. The molecule has 0 bridgehead atoms. The molecule has 0 atom stereocenters.